The third-order valence-electron chi connectivity index (χ3n) is 6.27. The van der Waals surface area contributed by atoms with Crippen LogP contribution in [0.3, 0.4) is 0 Å². The molecule has 5 rings (SSSR count). The van der Waals surface area contributed by atoms with Crippen LogP contribution in [0, 0.1) is 6.92 Å². The van der Waals surface area contributed by atoms with Crippen LogP contribution in [0.25, 0.3) is 15.9 Å². The first-order valence-electron chi connectivity index (χ1n) is 11.7. The standard InChI is InChI=1S/C26H28N4O2S2/c1-18-22-15-23(34-26(22)30(28-18)20-11-6-3-7-12-20)25(32)29(16-21-13-8-14-33-21)17-24(31)27-19-9-4-2-5-10-19/h3,6-8,11-15,19H,2,4-5,9-10,16-17H2,1H3,(H,27,31). The number of fused-ring (bicyclic) bond motifs is 1. The van der Waals surface area contributed by atoms with Crippen molar-refractivity contribution in [3.63, 3.8) is 0 Å². The van der Waals surface area contributed by atoms with E-state index in [0.29, 0.717) is 11.4 Å². The number of hydrogen-bond acceptors (Lipinski definition) is 5. The van der Waals surface area contributed by atoms with Crippen LogP contribution >= 0.6 is 22.7 Å². The summed E-state index contributed by atoms with van der Waals surface area (Å²) in [7, 11) is 0. The topological polar surface area (TPSA) is 67.2 Å². The second kappa shape index (κ2) is 10.1. The van der Waals surface area contributed by atoms with Crippen LogP contribution in [-0.2, 0) is 11.3 Å². The van der Waals surface area contributed by atoms with Gasteiger partial charge in [-0.25, -0.2) is 4.68 Å². The summed E-state index contributed by atoms with van der Waals surface area (Å²) in [6, 6.07) is 16.1. The van der Waals surface area contributed by atoms with E-state index in [1.54, 1.807) is 16.2 Å². The fourth-order valence-electron chi connectivity index (χ4n) is 4.54. The minimum Gasteiger partial charge on any atom is -0.352 e. The first-order valence-corrected chi connectivity index (χ1v) is 13.4. The lowest BCUT2D eigenvalue weighted by Gasteiger charge is -2.25. The molecule has 1 aliphatic rings. The Bertz CT molecular complexity index is 1270. The summed E-state index contributed by atoms with van der Waals surface area (Å²) in [5, 5.41) is 10.8. The molecule has 0 spiro atoms. The van der Waals surface area contributed by atoms with Gasteiger partial charge in [0.1, 0.15) is 11.4 Å². The number of rotatable bonds is 7. The van der Waals surface area contributed by atoms with Gasteiger partial charge in [0, 0.05) is 16.3 Å². The number of nitrogens with one attached hydrogen (secondary N) is 1. The minimum absolute atomic E-state index is 0.0608. The highest BCUT2D eigenvalue weighted by atomic mass is 32.1. The van der Waals surface area contributed by atoms with Crippen molar-refractivity contribution < 1.29 is 9.59 Å². The first-order chi connectivity index (χ1) is 16.6. The van der Waals surface area contributed by atoms with Crippen molar-refractivity contribution in [3.8, 4) is 5.69 Å². The lowest BCUT2D eigenvalue weighted by Crippen LogP contribution is -2.44. The summed E-state index contributed by atoms with van der Waals surface area (Å²) in [4.78, 5) is 30.8. The first kappa shape index (κ1) is 22.8. The molecule has 1 N–H and O–H groups in total. The largest absolute Gasteiger partial charge is 0.352 e. The fourth-order valence-corrected chi connectivity index (χ4v) is 6.41. The van der Waals surface area contributed by atoms with E-state index >= 15 is 0 Å². The van der Waals surface area contributed by atoms with E-state index in [2.05, 4.69) is 10.4 Å². The zero-order valence-electron chi connectivity index (χ0n) is 19.2. The third kappa shape index (κ3) is 4.93. The van der Waals surface area contributed by atoms with Crippen LogP contribution in [0.15, 0.2) is 53.9 Å². The number of carbonyl (C=O) groups is 2. The highest BCUT2D eigenvalue weighted by molar-refractivity contribution is 7.20. The summed E-state index contributed by atoms with van der Waals surface area (Å²) in [5.74, 6) is -0.197. The number of nitrogens with zero attached hydrogens (tertiary/aromatic N) is 3. The summed E-state index contributed by atoms with van der Waals surface area (Å²) in [6.45, 7) is 2.45. The van der Waals surface area contributed by atoms with Crippen LogP contribution in [0.4, 0.5) is 0 Å². The van der Waals surface area contributed by atoms with E-state index in [4.69, 9.17) is 0 Å². The molecular weight excluding hydrogens is 464 g/mol. The van der Waals surface area contributed by atoms with Gasteiger partial charge in [-0.2, -0.15) is 5.10 Å². The quantitative estimate of drug-likeness (QED) is 0.368. The molecule has 2 amide bonds. The third-order valence-corrected chi connectivity index (χ3v) is 8.23. The van der Waals surface area contributed by atoms with Crippen molar-refractivity contribution in [2.24, 2.45) is 0 Å². The van der Waals surface area contributed by atoms with Gasteiger partial charge in [0.2, 0.25) is 5.91 Å². The van der Waals surface area contributed by atoms with Crippen LogP contribution in [0.5, 0.6) is 0 Å². The van der Waals surface area contributed by atoms with E-state index in [-0.39, 0.29) is 24.4 Å². The molecule has 176 valence electrons. The summed E-state index contributed by atoms with van der Waals surface area (Å²) in [6.07, 6.45) is 5.60. The average Bonchev–Trinajstić information content (AvgIpc) is 3.58. The molecule has 0 radical (unpaired) electrons. The summed E-state index contributed by atoms with van der Waals surface area (Å²) < 4.78 is 1.89. The molecule has 1 fully saturated rings. The van der Waals surface area contributed by atoms with Gasteiger partial charge >= 0.3 is 0 Å². The SMILES string of the molecule is Cc1nn(-c2ccccc2)c2sc(C(=O)N(CC(=O)NC3CCCCC3)Cc3cccs3)cc12. The van der Waals surface area contributed by atoms with Gasteiger partial charge in [-0.3, -0.25) is 9.59 Å². The number of aromatic nitrogens is 2. The molecule has 0 saturated heterocycles. The Morgan fingerprint density at radius 3 is 2.65 bits per heavy atom. The van der Waals surface area contributed by atoms with Gasteiger partial charge in [0.15, 0.2) is 0 Å². The van der Waals surface area contributed by atoms with Crippen LogP contribution in [0.2, 0.25) is 0 Å². The van der Waals surface area contributed by atoms with Crippen molar-refractivity contribution in [2.75, 3.05) is 6.54 Å². The maximum Gasteiger partial charge on any atom is 0.264 e. The second-order valence-corrected chi connectivity index (χ2v) is 10.9. The molecule has 34 heavy (non-hydrogen) atoms. The van der Waals surface area contributed by atoms with Crippen LogP contribution < -0.4 is 5.32 Å². The molecule has 0 aliphatic heterocycles. The number of benzene rings is 1. The van der Waals surface area contributed by atoms with Crippen LogP contribution in [-0.4, -0.2) is 39.1 Å². The van der Waals surface area contributed by atoms with Gasteiger partial charge in [0.05, 0.1) is 22.8 Å². The number of carbonyl (C=O) groups excluding carboxylic acids is 2. The lowest BCUT2D eigenvalue weighted by molar-refractivity contribution is -0.122. The molecule has 0 bridgehead atoms. The normalized spacial score (nSPS) is 14.4. The van der Waals surface area contributed by atoms with Gasteiger partial charge in [-0.15, -0.1) is 22.7 Å². The fraction of sp³-hybridized carbons (Fsp3) is 0.346. The van der Waals surface area contributed by atoms with Gasteiger partial charge < -0.3 is 10.2 Å². The number of para-hydroxylation sites is 1. The smallest absolute Gasteiger partial charge is 0.264 e. The molecule has 6 nitrogen and oxygen atoms in total. The predicted octanol–water partition coefficient (Wildman–Crippen LogP) is 5.55. The van der Waals surface area contributed by atoms with E-state index in [0.717, 1.165) is 52.2 Å². The van der Waals surface area contributed by atoms with Crippen molar-refractivity contribution in [1.82, 2.24) is 20.0 Å². The molecule has 8 heteroatoms. The van der Waals surface area contributed by atoms with Gasteiger partial charge in [-0.05, 0) is 49.4 Å². The zero-order valence-corrected chi connectivity index (χ0v) is 20.8. The van der Waals surface area contributed by atoms with Crippen LogP contribution in [0.1, 0.15) is 52.3 Å². The Morgan fingerprint density at radius 2 is 1.91 bits per heavy atom. The molecular formula is C26H28N4O2S2. The Balaban J connectivity index is 1.40. The van der Waals surface area contributed by atoms with Gasteiger partial charge in [0.25, 0.3) is 5.91 Å². The lowest BCUT2D eigenvalue weighted by atomic mass is 9.95. The van der Waals surface area contributed by atoms with E-state index in [1.165, 1.54) is 17.8 Å². The maximum absolute atomic E-state index is 13.7. The average molecular weight is 493 g/mol. The molecule has 4 aromatic rings. The number of amides is 2. The Labute approximate surface area is 207 Å². The van der Waals surface area contributed by atoms with Crippen molar-refractivity contribution in [2.45, 2.75) is 51.6 Å². The molecule has 0 atom stereocenters. The number of hydrogen-bond donors (Lipinski definition) is 1. The molecule has 3 aromatic heterocycles. The molecule has 1 aromatic carbocycles. The van der Waals surface area contributed by atoms with Crippen molar-refractivity contribution in [1.29, 1.82) is 0 Å². The number of aryl methyl sites for hydroxylation is 1. The Kier molecular flexibility index (Phi) is 6.78. The Morgan fingerprint density at radius 1 is 1.12 bits per heavy atom. The molecule has 0 unspecified atom stereocenters. The maximum atomic E-state index is 13.7. The Hall–Kier alpha value is -2.97. The molecule has 1 aliphatic carbocycles. The van der Waals surface area contributed by atoms with Gasteiger partial charge in [-0.1, -0.05) is 43.5 Å². The highest BCUT2D eigenvalue weighted by Crippen LogP contribution is 2.31. The minimum atomic E-state index is -0.118. The highest BCUT2D eigenvalue weighted by Gasteiger charge is 2.25. The summed E-state index contributed by atoms with van der Waals surface area (Å²) >= 11 is 3.03. The van der Waals surface area contributed by atoms with E-state index in [9.17, 15) is 9.59 Å². The molecule has 3 heterocycles. The second-order valence-electron chi connectivity index (χ2n) is 8.81. The predicted molar refractivity (Wildman–Crippen MR) is 138 cm³/mol. The monoisotopic (exact) mass is 492 g/mol. The van der Waals surface area contributed by atoms with Crippen molar-refractivity contribution >= 4 is 44.7 Å². The number of thiophene rings is 2. The van der Waals surface area contributed by atoms with Crippen molar-refractivity contribution in [3.05, 3.63) is 69.4 Å². The van der Waals surface area contributed by atoms with E-state index in [1.807, 2.05) is 65.5 Å². The van der Waals surface area contributed by atoms with E-state index < -0.39 is 0 Å². The molecule has 1 saturated carbocycles. The summed E-state index contributed by atoms with van der Waals surface area (Å²) in [5.41, 5.74) is 1.85. The zero-order chi connectivity index (χ0) is 23.5.